The van der Waals surface area contributed by atoms with Crippen LogP contribution in [-0.2, 0) is 10.0 Å². The molecule has 0 fully saturated rings. The number of nitrogens with zero attached hydrogens (tertiary/aromatic N) is 1. The smallest absolute Gasteiger partial charge is 0.238 e. The molecule has 0 unspecified atom stereocenters. The molecule has 4 aromatic rings. The fourth-order valence-corrected chi connectivity index (χ4v) is 4.74. The molecule has 0 amide bonds. The van der Waals surface area contributed by atoms with Crippen LogP contribution in [0.4, 0.5) is 0 Å². The number of pyridine rings is 1. The van der Waals surface area contributed by atoms with Crippen LogP contribution in [0.25, 0.3) is 31.7 Å². The van der Waals surface area contributed by atoms with Gasteiger partial charge in [0, 0.05) is 38.0 Å². The number of primary sulfonamides is 1. The van der Waals surface area contributed by atoms with Crippen LogP contribution in [0.15, 0.2) is 76.6 Å². The zero-order valence-electron chi connectivity index (χ0n) is 14.9. The summed E-state index contributed by atoms with van der Waals surface area (Å²) in [5, 5.41) is 5.84. The summed E-state index contributed by atoms with van der Waals surface area (Å²) in [7, 11) is -3.78. The molecule has 2 aromatic carbocycles. The standard InChI is InChI=1S/C21H16N2O3S2/c1-13-6-7-15(12-23-13)19-20(24)17-4-2-3-5-18(17)27-21(19)14-8-10-16(11-9-14)28(22,25)26/h2-12H,1H3,(H2,22,25,26). The van der Waals surface area contributed by atoms with E-state index in [1.54, 1.807) is 18.3 Å². The van der Waals surface area contributed by atoms with Gasteiger partial charge < -0.3 is 0 Å². The zero-order valence-corrected chi connectivity index (χ0v) is 16.5. The number of hydrogen-bond acceptors (Lipinski definition) is 5. The zero-order chi connectivity index (χ0) is 19.9. The summed E-state index contributed by atoms with van der Waals surface area (Å²) in [4.78, 5) is 18.4. The Morgan fingerprint density at radius 2 is 1.61 bits per heavy atom. The van der Waals surface area contributed by atoms with Crippen molar-refractivity contribution in [1.82, 2.24) is 4.98 Å². The predicted octanol–water partition coefficient (Wildman–Crippen LogP) is 3.95. The monoisotopic (exact) mass is 408 g/mol. The number of sulfonamides is 1. The third kappa shape index (κ3) is 3.35. The third-order valence-electron chi connectivity index (χ3n) is 4.44. The number of hydrogen-bond donors (Lipinski definition) is 1. The molecule has 0 aliphatic carbocycles. The van der Waals surface area contributed by atoms with Crippen molar-refractivity contribution < 1.29 is 8.42 Å². The van der Waals surface area contributed by atoms with E-state index in [-0.39, 0.29) is 10.3 Å². The van der Waals surface area contributed by atoms with E-state index < -0.39 is 10.0 Å². The van der Waals surface area contributed by atoms with Crippen LogP contribution in [0.2, 0.25) is 0 Å². The second-order valence-electron chi connectivity index (χ2n) is 6.39. The molecule has 140 valence electrons. The van der Waals surface area contributed by atoms with Crippen LogP contribution < -0.4 is 10.6 Å². The molecule has 0 spiro atoms. The van der Waals surface area contributed by atoms with Gasteiger partial charge in [-0.1, -0.05) is 30.3 Å². The Morgan fingerprint density at radius 3 is 2.25 bits per heavy atom. The van der Waals surface area contributed by atoms with E-state index >= 15 is 0 Å². The van der Waals surface area contributed by atoms with Crippen molar-refractivity contribution in [1.29, 1.82) is 0 Å². The molecule has 5 nitrogen and oxygen atoms in total. The fraction of sp³-hybridized carbons (Fsp3) is 0.0476. The molecule has 28 heavy (non-hydrogen) atoms. The van der Waals surface area contributed by atoms with Crippen molar-refractivity contribution >= 4 is 31.4 Å². The molecular weight excluding hydrogens is 392 g/mol. The number of benzene rings is 2. The predicted molar refractivity (Wildman–Crippen MR) is 113 cm³/mol. The number of aryl methyl sites for hydroxylation is 1. The van der Waals surface area contributed by atoms with Gasteiger partial charge in [-0.15, -0.1) is 11.3 Å². The SMILES string of the molecule is Cc1ccc(-c2c(-c3ccc(S(N)(=O)=O)cc3)sc3ccccc3c2=O)cn1. The highest BCUT2D eigenvalue weighted by molar-refractivity contribution is 7.89. The lowest BCUT2D eigenvalue weighted by Crippen LogP contribution is -2.11. The number of nitrogens with two attached hydrogens (primary N) is 1. The molecule has 0 saturated carbocycles. The van der Waals surface area contributed by atoms with Gasteiger partial charge in [-0.05, 0) is 42.8 Å². The summed E-state index contributed by atoms with van der Waals surface area (Å²) in [5.74, 6) is 0. The highest BCUT2D eigenvalue weighted by Gasteiger charge is 2.17. The second kappa shape index (κ2) is 6.94. The van der Waals surface area contributed by atoms with Gasteiger partial charge in [-0.3, -0.25) is 9.78 Å². The number of rotatable bonds is 3. The highest BCUT2D eigenvalue weighted by atomic mass is 32.2. The highest BCUT2D eigenvalue weighted by Crippen LogP contribution is 2.36. The number of fused-ring (bicyclic) bond motifs is 1. The molecule has 0 radical (unpaired) electrons. The van der Waals surface area contributed by atoms with Crippen molar-refractivity contribution in [3.05, 3.63) is 82.8 Å². The van der Waals surface area contributed by atoms with E-state index in [1.165, 1.54) is 23.5 Å². The molecule has 2 heterocycles. The van der Waals surface area contributed by atoms with Crippen LogP contribution in [0.1, 0.15) is 5.69 Å². The summed E-state index contributed by atoms with van der Waals surface area (Å²) in [5.41, 5.74) is 2.81. The van der Waals surface area contributed by atoms with Crippen molar-refractivity contribution in [2.24, 2.45) is 5.14 Å². The van der Waals surface area contributed by atoms with E-state index in [9.17, 15) is 13.2 Å². The molecule has 0 atom stereocenters. The van der Waals surface area contributed by atoms with Crippen LogP contribution >= 0.6 is 11.3 Å². The maximum atomic E-state index is 13.3. The molecule has 7 heteroatoms. The first-order chi connectivity index (χ1) is 13.3. The fourth-order valence-electron chi connectivity index (χ4n) is 3.02. The number of aromatic nitrogens is 1. The van der Waals surface area contributed by atoms with Gasteiger partial charge in [0.1, 0.15) is 0 Å². The molecule has 0 saturated heterocycles. The van der Waals surface area contributed by atoms with Gasteiger partial charge in [0.05, 0.1) is 4.90 Å². The van der Waals surface area contributed by atoms with Crippen molar-refractivity contribution in [3.63, 3.8) is 0 Å². The average Bonchev–Trinajstić information content (AvgIpc) is 2.68. The minimum atomic E-state index is -3.78. The topological polar surface area (TPSA) is 90.1 Å². The lowest BCUT2D eigenvalue weighted by molar-refractivity contribution is 0.598. The summed E-state index contributed by atoms with van der Waals surface area (Å²) in [6.45, 7) is 1.89. The Hall–Kier alpha value is -2.87. The van der Waals surface area contributed by atoms with Crippen LogP contribution in [0.3, 0.4) is 0 Å². The van der Waals surface area contributed by atoms with E-state index in [0.29, 0.717) is 10.9 Å². The first kappa shape index (κ1) is 18.5. The summed E-state index contributed by atoms with van der Waals surface area (Å²) >= 11 is 1.48. The Bertz CT molecular complexity index is 1340. The van der Waals surface area contributed by atoms with Gasteiger partial charge in [-0.25, -0.2) is 13.6 Å². The van der Waals surface area contributed by atoms with E-state index in [0.717, 1.165) is 26.4 Å². The first-order valence-electron chi connectivity index (χ1n) is 8.47. The Morgan fingerprint density at radius 1 is 0.929 bits per heavy atom. The van der Waals surface area contributed by atoms with Gasteiger partial charge in [0.25, 0.3) is 0 Å². The summed E-state index contributed by atoms with van der Waals surface area (Å²) in [6.07, 6.45) is 1.69. The summed E-state index contributed by atoms with van der Waals surface area (Å²) in [6, 6.07) is 17.4. The average molecular weight is 409 g/mol. The minimum absolute atomic E-state index is 0.0305. The second-order valence-corrected chi connectivity index (χ2v) is 9.00. The normalized spacial score (nSPS) is 11.6. The molecular formula is C21H16N2O3S2. The third-order valence-corrected chi connectivity index (χ3v) is 6.59. The molecule has 0 aliphatic heterocycles. The molecule has 0 aliphatic rings. The maximum Gasteiger partial charge on any atom is 0.238 e. The molecule has 2 aromatic heterocycles. The van der Waals surface area contributed by atoms with E-state index in [1.807, 2.05) is 43.3 Å². The lowest BCUT2D eigenvalue weighted by atomic mass is 10.0. The van der Waals surface area contributed by atoms with Gasteiger partial charge in [0.15, 0.2) is 5.43 Å². The van der Waals surface area contributed by atoms with E-state index in [4.69, 9.17) is 5.14 Å². The minimum Gasteiger partial charge on any atom is -0.288 e. The molecule has 0 bridgehead atoms. The van der Waals surface area contributed by atoms with Gasteiger partial charge in [-0.2, -0.15) is 0 Å². The Kier molecular flexibility index (Phi) is 4.58. The van der Waals surface area contributed by atoms with Gasteiger partial charge >= 0.3 is 0 Å². The molecule has 2 N–H and O–H groups in total. The maximum absolute atomic E-state index is 13.3. The molecule has 4 rings (SSSR count). The quantitative estimate of drug-likeness (QED) is 0.556. The lowest BCUT2D eigenvalue weighted by Gasteiger charge is -2.11. The van der Waals surface area contributed by atoms with Crippen LogP contribution in [0, 0.1) is 6.92 Å². The van der Waals surface area contributed by atoms with E-state index in [2.05, 4.69) is 4.98 Å². The Balaban J connectivity index is 2.03. The van der Waals surface area contributed by atoms with Crippen molar-refractivity contribution in [3.8, 4) is 21.6 Å². The van der Waals surface area contributed by atoms with Crippen molar-refractivity contribution in [2.75, 3.05) is 0 Å². The van der Waals surface area contributed by atoms with Crippen LogP contribution in [-0.4, -0.2) is 13.4 Å². The van der Waals surface area contributed by atoms with Crippen molar-refractivity contribution in [2.45, 2.75) is 11.8 Å². The van der Waals surface area contributed by atoms with Crippen LogP contribution in [0.5, 0.6) is 0 Å². The first-order valence-corrected chi connectivity index (χ1v) is 10.8. The summed E-state index contributed by atoms with van der Waals surface area (Å²) < 4.78 is 24.0. The Labute approximate surface area is 166 Å². The van der Waals surface area contributed by atoms with Gasteiger partial charge in [0.2, 0.25) is 10.0 Å². The largest absolute Gasteiger partial charge is 0.288 e.